The number of morpholine rings is 1. The number of H-pyrrole nitrogens is 1. The molecule has 1 fully saturated rings. The summed E-state index contributed by atoms with van der Waals surface area (Å²) < 4.78 is 40.6. The number of aromatic nitrogens is 2. The highest BCUT2D eigenvalue weighted by molar-refractivity contribution is 7.89. The smallest absolute Gasteiger partial charge is 0.266 e. The van der Waals surface area contributed by atoms with Gasteiger partial charge in [0.1, 0.15) is 29.0 Å². The van der Waals surface area contributed by atoms with Gasteiger partial charge in [-0.25, -0.2) is 8.42 Å². The molecule has 1 amide bonds. The molecule has 1 saturated heterocycles. The van der Waals surface area contributed by atoms with Gasteiger partial charge < -0.3 is 20.2 Å². The largest absolute Gasteiger partial charge is 0.490 e. The number of pyridine rings is 1. The van der Waals surface area contributed by atoms with Crippen LogP contribution >= 0.6 is 11.6 Å². The number of benzene rings is 2. The number of aromatic amines is 1. The molecule has 11 heteroatoms. The van der Waals surface area contributed by atoms with Gasteiger partial charge in [0.25, 0.3) is 5.91 Å². The summed E-state index contributed by atoms with van der Waals surface area (Å²) in [6.07, 6.45) is 2.89. The van der Waals surface area contributed by atoms with Crippen LogP contribution in [0.25, 0.3) is 22.0 Å². The number of ether oxygens (including phenoxy) is 2. The predicted octanol–water partition coefficient (Wildman–Crippen LogP) is 3.45. The number of nitrogens with one attached hydrogen (secondary N) is 1. The molecule has 3 N–H and O–H groups in total. The molecular weight excluding hydrogens is 504 g/mol. The number of carbonyl (C=O) groups excluding carboxylic acids is 1. The molecule has 186 valence electrons. The first-order chi connectivity index (χ1) is 17.3. The van der Waals surface area contributed by atoms with E-state index in [9.17, 15) is 13.2 Å². The number of para-hydroxylation sites is 1. The molecule has 0 radical (unpaired) electrons. The van der Waals surface area contributed by atoms with Crippen LogP contribution in [0.4, 0.5) is 0 Å². The SMILES string of the molecule is NC(=O)c1[nH]c2ccc(Cl)cc2c1S(=O)(=O)N1CCO[C@H](COc2ccccc2-c2ccncc2)C1. The summed E-state index contributed by atoms with van der Waals surface area (Å²) in [4.78, 5) is 18.8. The van der Waals surface area contributed by atoms with Gasteiger partial charge >= 0.3 is 0 Å². The average molecular weight is 527 g/mol. The molecule has 1 aliphatic heterocycles. The molecule has 5 rings (SSSR count). The lowest BCUT2D eigenvalue weighted by Crippen LogP contribution is -2.47. The van der Waals surface area contributed by atoms with Crippen molar-refractivity contribution in [2.24, 2.45) is 5.73 Å². The average Bonchev–Trinajstić information content (AvgIpc) is 3.28. The zero-order chi connectivity index (χ0) is 25.3. The third kappa shape index (κ3) is 4.68. The second-order valence-electron chi connectivity index (χ2n) is 8.28. The Morgan fingerprint density at radius 1 is 1.19 bits per heavy atom. The van der Waals surface area contributed by atoms with Gasteiger partial charge in [-0.1, -0.05) is 29.8 Å². The molecule has 3 heterocycles. The zero-order valence-corrected chi connectivity index (χ0v) is 20.6. The number of hydrogen-bond acceptors (Lipinski definition) is 6. The lowest BCUT2D eigenvalue weighted by atomic mass is 10.1. The van der Waals surface area contributed by atoms with E-state index >= 15 is 0 Å². The number of rotatable bonds is 7. The van der Waals surface area contributed by atoms with Crippen molar-refractivity contribution >= 4 is 38.4 Å². The van der Waals surface area contributed by atoms with E-state index in [2.05, 4.69) is 9.97 Å². The van der Waals surface area contributed by atoms with Crippen molar-refractivity contribution in [2.45, 2.75) is 11.0 Å². The van der Waals surface area contributed by atoms with Crippen LogP contribution in [0.15, 0.2) is 71.9 Å². The number of amides is 1. The number of hydrogen-bond donors (Lipinski definition) is 2. The molecule has 0 spiro atoms. The van der Waals surface area contributed by atoms with Crippen molar-refractivity contribution in [3.8, 4) is 16.9 Å². The maximum Gasteiger partial charge on any atom is 0.266 e. The van der Waals surface area contributed by atoms with E-state index < -0.39 is 22.0 Å². The number of primary amides is 1. The fraction of sp³-hybridized carbons (Fsp3) is 0.200. The molecule has 0 saturated carbocycles. The molecule has 0 unspecified atom stereocenters. The van der Waals surface area contributed by atoms with E-state index in [0.29, 0.717) is 21.7 Å². The summed E-state index contributed by atoms with van der Waals surface area (Å²) >= 11 is 6.12. The monoisotopic (exact) mass is 526 g/mol. The van der Waals surface area contributed by atoms with Gasteiger partial charge in [-0.3, -0.25) is 9.78 Å². The molecule has 36 heavy (non-hydrogen) atoms. The van der Waals surface area contributed by atoms with Crippen molar-refractivity contribution < 1.29 is 22.7 Å². The van der Waals surface area contributed by atoms with Crippen LogP contribution in [0.5, 0.6) is 5.75 Å². The van der Waals surface area contributed by atoms with Crippen molar-refractivity contribution in [3.05, 3.63) is 77.7 Å². The Morgan fingerprint density at radius 3 is 2.75 bits per heavy atom. The van der Waals surface area contributed by atoms with E-state index in [0.717, 1.165) is 11.1 Å². The quantitative estimate of drug-likeness (QED) is 0.379. The highest BCUT2D eigenvalue weighted by Crippen LogP contribution is 2.33. The number of halogens is 1. The minimum atomic E-state index is -4.10. The topological polar surface area (TPSA) is 128 Å². The molecule has 2 aromatic heterocycles. The molecule has 0 aliphatic carbocycles. The minimum absolute atomic E-state index is 0.0468. The fourth-order valence-corrected chi connectivity index (χ4v) is 6.23. The van der Waals surface area contributed by atoms with E-state index in [4.69, 9.17) is 26.8 Å². The lowest BCUT2D eigenvalue weighted by molar-refractivity contribution is -0.0248. The lowest BCUT2D eigenvalue weighted by Gasteiger charge is -2.32. The third-order valence-corrected chi connectivity index (χ3v) is 8.15. The number of sulfonamides is 1. The zero-order valence-electron chi connectivity index (χ0n) is 19.1. The van der Waals surface area contributed by atoms with Gasteiger partial charge in [0, 0.05) is 47.0 Å². The first-order valence-electron chi connectivity index (χ1n) is 11.2. The molecule has 2 aromatic carbocycles. The summed E-state index contributed by atoms with van der Waals surface area (Å²) in [5.74, 6) is -0.226. The number of fused-ring (bicyclic) bond motifs is 1. The summed E-state index contributed by atoms with van der Waals surface area (Å²) in [5.41, 5.74) is 7.62. The van der Waals surface area contributed by atoms with Gasteiger partial charge in [-0.2, -0.15) is 4.31 Å². The number of nitrogens with zero attached hydrogens (tertiary/aromatic N) is 2. The second-order valence-corrected chi connectivity index (χ2v) is 10.6. The molecule has 4 aromatic rings. The molecule has 9 nitrogen and oxygen atoms in total. The van der Waals surface area contributed by atoms with Crippen LogP contribution in [-0.2, 0) is 14.8 Å². The van der Waals surface area contributed by atoms with Gasteiger partial charge in [-0.05, 0) is 42.0 Å². The Hall–Kier alpha value is -3.44. The van der Waals surface area contributed by atoms with Crippen molar-refractivity contribution in [2.75, 3.05) is 26.3 Å². The Bertz CT molecular complexity index is 1520. The highest BCUT2D eigenvalue weighted by Gasteiger charge is 2.36. The predicted molar refractivity (Wildman–Crippen MR) is 135 cm³/mol. The van der Waals surface area contributed by atoms with E-state index in [1.54, 1.807) is 24.5 Å². The first-order valence-corrected chi connectivity index (χ1v) is 13.0. The van der Waals surface area contributed by atoms with E-state index in [1.165, 1.54) is 10.4 Å². The maximum atomic E-state index is 13.7. The van der Waals surface area contributed by atoms with Crippen molar-refractivity contribution in [1.29, 1.82) is 0 Å². The van der Waals surface area contributed by atoms with Gasteiger partial charge in [0.05, 0.1) is 6.61 Å². The van der Waals surface area contributed by atoms with Gasteiger partial charge in [0.2, 0.25) is 10.0 Å². The molecule has 1 aliphatic rings. The van der Waals surface area contributed by atoms with Crippen molar-refractivity contribution in [1.82, 2.24) is 14.3 Å². The van der Waals surface area contributed by atoms with Crippen LogP contribution in [0, 0.1) is 0 Å². The molecular formula is C25H23ClN4O5S. The molecule has 0 bridgehead atoms. The van der Waals surface area contributed by atoms with Crippen LogP contribution < -0.4 is 10.5 Å². The fourth-order valence-electron chi connectivity index (χ4n) is 4.27. The summed E-state index contributed by atoms with van der Waals surface area (Å²) in [5, 5.41) is 0.650. The Morgan fingerprint density at radius 2 is 1.97 bits per heavy atom. The summed E-state index contributed by atoms with van der Waals surface area (Å²) in [6.45, 7) is 0.480. The molecule has 1 atom stereocenters. The van der Waals surface area contributed by atoms with Crippen LogP contribution in [0.3, 0.4) is 0 Å². The maximum absolute atomic E-state index is 13.7. The van der Waals surface area contributed by atoms with E-state index in [1.807, 2.05) is 36.4 Å². The Labute approximate surface area is 212 Å². The Kier molecular flexibility index (Phi) is 6.67. The van der Waals surface area contributed by atoms with Crippen LogP contribution in [0.1, 0.15) is 10.5 Å². The summed E-state index contributed by atoms with van der Waals surface area (Å²) in [7, 11) is -4.10. The second kappa shape index (κ2) is 9.90. The highest BCUT2D eigenvalue weighted by atomic mass is 35.5. The van der Waals surface area contributed by atoms with Gasteiger partial charge in [0.15, 0.2) is 0 Å². The number of carbonyl (C=O) groups is 1. The van der Waals surface area contributed by atoms with E-state index in [-0.39, 0.29) is 36.9 Å². The van der Waals surface area contributed by atoms with Gasteiger partial charge in [-0.15, -0.1) is 0 Å². The summed E-state index contributed by atoms with van der Waals surface area (Å²) in [6, 6.07) is 16.1. The normalized spacial score (nSPS) is 16.8. The third-order valence-electron chi connectivity index (χ3n) is 5.96. The minimum Gasteiger partial charge on any atom is -0.490 e. The standard InChI is InChI=1S/C25H23ClN4O5S/c26-17-5-6-21-20(13-17)24(23(29-21)25(27)31)36(32,33)30-11-12-34-18(14-30)15-35-22-4-2-1-3-19(22)16-7-9-28-10-8-16/h1-10,13,18,29H,11-12,14-15H2,(H2,27,31)/t18-/m0/s1. The van der Waals surface area contributed by atoms with Crippen LogP contribution in [0.2, 0.25) is 5.02 Å². The van der Waals surface area contributed by atoms with Crippen molar-refractivity contribution in [3.63, 3.8) is 0 Å². The number of nitrogens with two attached hydrogens (primary N) is 1. The first kappa shape index (κ1) is 24.3. The Balaban J connectivity index is 1.38. The van der Waals surface area contributed by atoms with Crippen LogP contribution in [-0.4, -0.2) is 61.0 Å².